The Labute approximate surface area is 104 Å². The van der Waals surface area contributed by atoms with E-state index in [2.05, 4.69) is 12.2 Å². The topological polar surface area (TPSA) is 21.3 Å². The van der Waals surface area contributed by atoms with Gasteiger partial charge in [0.1, 0.15) is 0 Å². The minimum Gasteiger partial charge on any atom is -0.377 e. The third-order valence-corrected chi connectivity index (χ3v) is 4.59. The predicted octanol–water partition coefficient (Wildman–Crippen LogP) is 2.94. The van der Waals surface area contributed by atoms with Gasteiger partial charge in [-0.25, -0.2) is 0 Å². The number of rotatable bonds is 4. The van der Waals surface area contributed by atoms with E-state index in [0.717, 1.165) is 24.9 Å². The summed E-state index contributed by atoms with van der Waals surface area (Å²) in [5.41, 5.74) is 0.186. The standard InChI is InChI=1S/C13H24ClNO/c1-11-4-2-6-13(8-11,10-14)15-9-12-5-3-7-16-12/h11-12,15H,2-10H2,1H3. The Morgan fingerprint density at radius 3 is 2.88 bits per heavy atom. The van der Waals surface area contributed by atoms with E-state index in [-0.39, 0.29) is 5.54 Å². The summed E-state index contributed by atoms with van der Waals surface area (Å²) in [5.74, 6) is 1.55. The summed E-state index contributed by atoms with van der Waals surface area (Å²) in [7, 11) is 0. The molecule has 0 spiro atoms. The minimum absolute atomic E-state index is 0.186. The summed E-state index contributed by atoms with van der Waals surface area (Å²) in [6.07, 6.45) is 7.98. The van der Waals surface area contributed by atoms with Crippen molar-refractivity contribution in [3.05, 3.63) is 0 Å². The molecule has 1 aliphatic heterocycles. The Morgan fingerprint density at radius 1 is 1.38 bits per heavy atom. The average molecular weight is 246 g/mol. The van der Waals surface area contributed by atoms with Crippen LogP contribution in [-0.2, 0) is 4.74 Å². The Morgan fingerprint density at radius 2 is 2.25 bits per heavy atom. The van der Waals surface area contributed by atoms with Crippen molar-refractivity contribution < 1.29 is 4.74 Å². The molecule has 2 rings (SSSR count). The summed E-state index contributed by atoms with van der Waals surface area (Å²) in [4.78, 5) is 0. The molecule has 0 aromatic carbocycles. The van der Waals surface area contributed by atoms with Crippen molar-refractivity contribution in [3.63, 3.8) is 0 Å². The first kappa shape index (κ1) is 12.7. The molecule has 16 heavy (non-hydrogen) atoms. The number of hydrogen-bond acceptors (Lipinski definition) is 2. The van der Waals surface area contributed by atoms with Gasteiger partial charge < -0.3 is 10.1 Å². The smallest absolute Gasteiger partial charge is 0.0700 e. The van der Waals surface area contributed by atoms with E-state index >= 15 is 0 Å². The van der Waals surface area contributed by atoms with Crippen molar-refractivity contribution in [1.82, 2.24) is 5.32 Å². The Kier molecular flexibility index (Phi) is 4.51. The molecule has 2 nitrogen and oxygen atoms in total. The van der Waals surface area contributed by atoms with Crippen molar-refractivity contribution in [2.75, 3.05) is 19.0 Å². The van der Waals surface area contributed by atoms with Gasteiger partial charge in [0.05, 0.1) is 6.10 Å². The number of hydrogen-bond donors (Lipinski definition) is 1. The van der Waals surface area contributed by atoms with Crippen LogP contribution in [0.25, 0.3) is 0 Å². The van der Waals surface area contributed by atoms with Crippen LogP contribution in [0.4, 0.5) is 0 Å². The van der Waals surface area contributed by atoms with E-state index in [0.29, 0.717) is 6.10 Å². The van der Waals surface area contributed by atoms with Crippen LogP contribution in [0.3, 0.4) is 0 Å². The molecule has 3 heteroatoms. The highest BCUT2D eigenvalue weighted by molar-refractivity contribution is 6.18. The van der Waals surface area contributed by atoms with Crippen LogP contribution >= 0.6 is 11.6 Å². The Bertz CT molecular complexity index is 218. The molecular weight excluding hydrogens is 222 g/mol. The molecule has 1 saturated carbocycles. The fourth-order valence-electron chi connectivity index (χ4n) is 3.12. The lowest BCUT2D eigenvalue weighted by molar-refractivity contribution is 0.0939. The van der Waals surface area contributed by atoms with Crippen LogP contribution in [0.2, 0.25) is 0 Å². The zero-order chi connectivity index (χ0) is 11.4. The molecule has 2 aliphatic rings. The lowest BCUT2D eigenvalue weighted by Crippen LogP contribution is -2.52. The molecule has 0 aromatic rings. The maximum Gasteiger partial charge on any atom is 0.0700 e. The maximum atomic E-state index is 6.18. The van der Waals surface area contributed by atoms with E-state index < -0.39 is 0 Å². The highest BCUT2D eigenvalue weighted by Crippen LogP contribution is 2.33. The first-order valence-corrected chi connectivity index (χ1v) is 7.20. The van der Waals surface area contributed by atoms with Crippen LogP contribution in [0.1, 0.15) is 45.4 Å². The van der Waals surface area contributed by atoms with Gasteiger partial charge in [-0.1, -0.05) is 19.8 Å². The molecule has 1 heterocycles. The maximum absolute atomic E-state index is 6.18. The molecule has 0 amide bonds. The van der Waals surface area contributed by atoms with Crippen LogP contribution in [0.5, 0.6) is 0 Å². The van der Waals surface area contributed by atoms with Gasteiger partial charge >= 0.3 is 0 Å². The first-order valence-electron chi connectivity index (χ1n) is 6.67. The van der Waals surface area contributed by atoms with Gasteiger partial charge in [-0.2, -0.15) is 0 Å². The van der Waals surface area contributed by atoms with E-state index in [1.54, 1.807) is 0 Å². The molecule has 0 bridgehead atoms. The molecule has 3 atom stereocenters. The van der Waals surface area contributed by atoms with E-state index in [9.17, 15) is 0 Å². The summed E-state index contributed by atoms with van der Waals surface area (Å²) in [6, 6.07) is 0. The molecule has 0 aromatic heterocycles. The second-order valence-corrected chi connectivity index (χ2v) is 5.90. The lowest BCUT2D eigenvalue weighted by Gasteiger charge is -2.40. The van der Waals surface area contributed by atoms with Crippen LogP contribution < -0.4 is 5.32 Å². The van der Waals surface area contributed by atoms with Gasteiger partial charge in [-0.15, -0.1) is 11.6 Å². The summed E-state index contributed by atoms with van der Waals surface area (Å²) >= 11 is 6.18. The number of ether oxygens (including phenoxy) is 1. The van der Waals surface area contributed by atoms with Crippen molar-refractivity contribution >= 4 is 11.6 Å². The minimum atomic E-state index is 0.186. The van der Waals surface area contributed by atoms with Gasteiger partial charge in [0, 0.05) is 24.6 Å². The average Bonchev–Trinajstić information content (AvgIpc) is 2.79. The van der Waals surface area contributed by atoms with Crippen LogP contribution in [0.15, 0.2) is 0 Å². The lowest BCUT2D eigenvalue weighted by atomic mass is 9.77. The predicted molar refractivity (Wildman–Crippen MR) is 68.1 cm³/mol. The van der Waals surface area contributed by atoms with E-state index in [1.165, 1.54) is 38.5 Å². The number of halogens is 1. The summed E-state index contributed by atoms with van der Waals surface area (Å²) < 4.78 is 5.65. The number of nitrogens with one attached hydrogen (secondary N) is 1. The zero-order valence-corrected chi connectivity index (χ0v) is 11.1. The van der Waals surface area contributed by atoms with Gasteiger partial charge in [0.25, 0.3) is 0 Å². The molecular formula is C13H24ClNO. The van der Waals surface area contributed by atoms with E-state index in [1.807, 2.05) is 0 Å². The normalized spacial score (nSPS) is 40.1. The highest BCUT2D eigenvalue weighted by Gasteiger charge is 2.34. The highest BCUT2D eigenvalue weighted by atomic mass is 35.5. The van der Waals surface area contributed by atoms with Crippen molar-refractivity contribution in [3.8, 4) is 0 Å². The molecule has 0 radical (unpaired) electrons. The monoisotopic (exact) mass is 245 g/mol. The van der Waals surface area contributed by atoms with Gasteiger partial charge in [0.2, 0.25) is 0 Å². The van der Waals surface area contributed by atoms with Crippen LogP contribution in [0, 0.1) is 5.92 Å². The zero-order valence-electron chi connectivity index (χ0n) is 10.3. The van der Waals surface area contributed by atoms with Crippen molar-refractivity contribution in [1.29, 1.82) is 0 Å². The Hall–Kier alpha value is 0.210. The van der Waals surface area contributed by atoms with Gasteiger partial charge in [-0.05, 0) is 31.6 Å². The largest absolute Gasteiger partial charge is 0.377 e. The Balaban J connectivity index is 1.83. The molecule has 1 saturated heterocycles. The SMILES string of the molecule is CC1CCCC(CCl)(NCC2CCCO2)C1. The molecule has 1 N–H and O–H groups in total. The number of alkyl halides is 1. The second kappa shape index (κ2) is 5.70. The van der Waals surface area contributed by atoms with E-state index in [4.69, 9.17) is 16.3 Å². The first-order chi connectivity index (χ1) is 7.74. The van der Waals surface area contributed by atoms with Crippen molar-refractivity contribution in [2.45, 2.75) is 57.1 Å². The van der Waals surface area contributed by atoms with Gasteiger partial charge in [0.15, 0.2) is 0 Å². The third kappa shape index (κ3) is 3.12. The second-order valence-electron chi connectivity index (χ2n) is 5.63. The quantitative estimate of drug-likeness (QED) is 0.769. The molecule has 3 unspecified atom stereocenters. The summed E-state index contributed by atoms with van der Waals surface area (Å²) in [5, 5.41) is 3.70. The molecule has 1 aliphatic carbocycles. The fraction of sp³-hybridized carbons (Fsp3) is 1.00. The van der Waals surface area contributed by atoms with Gasteiger partial charge in [-0.3, -0.25) is 0 Å². The fourth-order valence-corrected chi connectivity index (χ4v) is 3.46. The summed E-state index contributed by atoms with van der Waals surface area (Å²) in [6.45, 7) is 4.27. The third-order valence-electron chi connectivity index (χ3n) is 4.08. The molecule has 2 fully saturated rings. The van der Waals surface area contributed by atoms with Crippen LogP contribution in [-0.4, -0.2) is 30.7 Å². The van der Waals surface area contributed by atoms with Crippen molar-refractivity contribution in [2.24, 2.45) is 5.92 Å². The molecule has 94 valence electrons.